The van der Waals surface area contributed by atoms with Crippen molar-refractivity contribution in [3.05, 3.63) is 17.7 Å². The number of nitrogens with zero attached hydrogens (tertiary/aromatic N) is 2. The van der Waals surface area contributed by atoms with Crippen molar-refractivity contribution in [1.82, 2.24) is 20.2 Å². The van der Waals surface area contributed by atoms with Gasteiger partial charge in [0.2, 0.25) is 0 Å². The molecule has 0 aliphatic carbocycles. The van der Waals surface area contributed by atoms with Crippen LogP contribution in [0, 0.1) is 0 Å². The van der Waals surface area contributed by atoms with Gasteiger partial charge in [0.15, 0.2) is 0 Å². The maximum atomic E-state index is 4.30. The van der Waals surface area contributed by atoms with Gasteiger partial charge in [0, 0.05) is 51.0 Å². The van der Waals surface area contributed by atoms with Crippen molar-refractivity contribution in [3.63, 3.8) is 0 Å². The number of hydrogen-bond donors (Lipinski definition) is 2. The summed E-state index contributed by atoms with van der Waals surface area (Å²) in [4.78, 5) is 10.1. The molecule has 1 aromatic heterocycles. The van der Waals surface area contributed by atoms with Crippen LogP contribution < -0.4 is 5.32 Å². The first-order valence-electron chi connectivity index (χ1n) is 5.34. The van der Waals surface area contributed by atoms with E-state index in [-0.39, 0.29) is 0 Å². The molecule has 0 amide bonds. The molecule has 0 aromatic carbocycles. The number of piperazine rings is 1. The van der Waals surface area contributed by atoms with Crippen LogP contribution in [0.25, 0.3) is 0 Å². The van der Waals surface area contributed by atoms with Crippen molar-refractivity contribution in [1.29, 1.82) is 0 Å². The van der Waals surface area contributed by atoms with Gasteiger partial charge in [-0.1, -0.05) is 6.92 Å². The van der Waals surface area contributed by atoms with Crippen molar-refractivity contribution in [2.24, 2.45) is 0 Å². The summed E-state index contributed by atoms with van der Waals surface area (Å²) in [5, 5.41) is 3.35. The summed E-state index contributed by atoms with van der Waals surface area (Å²) in [6.07, 6.45) is 2.95. The van der Waals surface area contributed by atoms with Gasteiger partial charge < -0.3 is 10.3 Å². The quantitative estimate of drug-likeness (QED) is 0.731. The summed E-state index contributed by atoms with van der Waals surface area (Å²) in [5.41, 5.74) is 1.24. The van der Waals surface area contributed by atoms with Gasteiger partial charge in [-0.2, -0.15) is 0 Å². The molecule has 0 bridgehead atoms. The van der Waals surface area contributed by atoms with Crippen molar-refractivity contribution >= 4 is 0 Å². The van der Waals surface area contributed by atoms with Gasteiger partial charge in [0.25, 0.3) is 0 Å². The first kappa shape index (κ1) is 9.68. The van der Waals surface area contributed by atoms with E-state index < -0.39 is 0 Å². The van der Waals surface area contributed by atoms with Gasteiger partial charge in [-0.3, -0.25) is 4.90 Å². The van der Waals surface area contributed by atoms with Crippen LogP contribution >= 0.6 is 0 Å². The predicted octanol–water partition coefficient (Wildman–Crippen LogP) is 0.377. The fourth-order valence-corrected chi connectivity index (χ4v) is 1.78. The van der Waals surface area contributed by atoms with E-state index in [0.29, 0.717) is 0 Å². The van der Waals surface area contributed by atoms with Gasteiger partial charge in [-0.05, 0) is 0 Å². The molecule has 0 saturated carbocycles. The van der Waals surface area contributed by atoms with Gasteiger partial charge >= 0.3 is 0 Å². The SMILES string of the molecule is CCc1ncc(CN2CCNCC2)[nH]1. The molecule has 0 unspecified atom stereocenters. The number of H-pyrrole nitrogens is 1. The number of aromatic amines is 1. The van der Waals surface area contributed by atoms with E-state index in [0.717, 1.165) is 45.0 Å². The number of rotatable bonds is 3. The average Bonchev–Trinajstić information content (AvgIpc) is 2.67. The zero-order valence-corrected chi connectivity index (χ0v) is 8.71. The Labute approximate surface area is 84.7 Å². The predicted molar refractivity (Wildman–Crippen MR) is 56.1 cm³/mol. The highest BCUT2D eigenvalue weighted by molar-refractivity contribution is 5.01. The Bertz CT molecular complexity index is 275. The number of imidazole rings is 1. The largest absolute Gasteiger partial charge is 0.345 e. The standard InChI is InChI=1S/C10H18N4/c1-2-10-12-7-9(13-10)8-14-5-3-11-4-6-14/h7,11H,2-6,8H2,1H3,(H,12,13). The van der Waals surface area contributed by atoms with Crippen molar-refractivity contribution in [2.45, 2.75) is 19.9 Å². The molecule has 1 fully saturated rings. The summed E-state index contributed by atoms with van der Waals surface area (Å²) in [6, 6.07) is 0. The highest BCUT2D eigenvalue weighted by Crippen LogP contribution is 2.03. The smallest absolute Gasteiger partial charge is 0.105 e. The van der Waals surface area contributed by atoms with Crippen LogP contribution in [0.2, 0.25) is 0 Å². The Kier molecular flexibility index (Phi) is 3.16. The molecule has 2 heterocycles. The normalized spacial score (nSPS) is 18.6. The monoisotopic (exact) mass is 194 g/mol. The van der Waals surface area contributed by atoms with Crippen molar-refractivity contribution < 1.29 is 0 Å². The van der Waals surface area contributed by atoms with Gasteiger partial charge in [0.1, 0.15) is 5.82 Å². The maximum Gasteiger partial charge on any atom is 0.105 e. The lowest BCUT2D eigenvalue weighted by molar-refractivity contribution is 0.231. The molecular formula is C10H18N4. The number of hydrogen-bond acceptors (Lipinski definition) is 3. The van der Waals surface area contributed by atoms with Crippen LogP contribution in [0.5, 0.6) is 0 Å². The molecule has 78 valence electrons. The number of nitrogens with one attached hydrogen (secondary N) is 2. The summed E-state index contributed by atoms with van der Waals surface area (Å²) in [7, 11) is 0. The van der Waals surface area contributed by atoms with Crippen LogP contribution in [0.15, 0.2) is 6.20 Å². The molecule has 2 N–H and O–H groups in total. The second kappa shape index (κ2) is 4.57. The number of aryl methyl sites for hydroxylation is 1. The van der Waals surface area contributed by atoms with Crippen LogP contribution in [0.4, 0.5) is 0 Å². The van der Waals surface area contributed by atoms with Gasteiger partial charge in [-0.25, -0.2) is 4.98 Å². The van der Waals surface area contributed by atoms with Crippen LogP contribution in [-0.4, -0.2) is 41.0 Å². The summed E-state index contributed by atoms with van der Waals surface area (Å²) in [6.45, 7) is 7.62. The van der Waals surface area contributed by atoms with Crippen LogP contribution in [0.1, 0.15) is 18.4 Å². The highest BCUT2D eigenvalue weighted by atomic mass is 15.2. The summed E-state index contributed by atoms with van der Waals surface area (Å²) in [5.74, 6) is 1.09. The van der Waals surface area contributed by atoms with E-state index in [1.54, 1.807) is 0 Å². The van der Waals surface area contributed by atoms with Gasteiger partial charge in [0.05, 0.1) is 0 Å². The minimum Gasteiger partial charge on any atom is -0.345 e. The maximum absolute atomic E-state index is 4.30. The lowest BCUT2D eigenvalue weighted by Crippen LogP contribution is -2.42. The molecule has 1 aliphatic heterocycles. The van der Waals surface area contributed by atoms with E-state index in [4.69, 9.17) is 0 Å². The van der Waals surface area contributed by atoms with E-state index in [1.807, 2.05) is 6.20 Å². The van der Waals surface area contributed by atoms with Crippen LogP contribution in [0.3, 0.4) is 0 Å². The first-order chi connectivity index (χ1) is 6.88. The van der Waals surface area contributed by atoms with E-state index >= 15 is 0 Å². The van der Waals surface area contributed by atoms with Gasteiger partial charge in [-0.15, -0.1) is 0 Å². The Morgan fingerprint density at radius 2 is 2.21 bits per heavy atom. The minimum absolute atomic E-state index is 0.988. The Balaban J connectivity index is 1.89. The second-order valence-corrected chi connectivity index (χ2v) is 3.73. The summed E-state index contributed by atoms with van der Waals surface area (Å²) >= 11 is 0. The molecular weight excluding hydrogens is 176 g/mol. The average molecular weight is 194 g/mol. The fourth-order valence-electron chi connectivity index (χ4n) is 1.78. The Hall–Kier alpha value is -0.870. The highest BCUT2D eigenvalue weighted by Gasteiger charge is 2.10. The molecule has 1 saturated heterocycles. The van der Waals surface area contributed by atoms with Crippen molar-refractivity contribution in [2.75, 3.05) is 26.2 Å². The molecule has 4 heteroatoms. The Morgan fingerprint density at radius 3 is 2.86 bits per heavy atom. The molecule has 1 aromatic rings. The molecule has 0 radical (unpaired) electrons. The Morgan fingerprint density at radius 1 is 1.43 bits per heavy atom. The lowest BCUT2D eigenvalue weighted by Gasteiger charge is -2.26. The molecule has 2 rings (SSSR count). The van der Waals surface area contributed by atoms with Crippen LogP contribution in [-0.2, 0) is 13.0 Å². The van der Waals surface area contributed by atoms with Crippen molar-refractivity contribution in [3.8, 4) is 0 Å². The topological polar surface area (TPSA) is 44.0 Å². The molecule has 1 aliphatic rings. The van der Waals surface area contributed by atoms with E-state index in [9.17, 15) is 0 Å². The van der Waals surface area contributed by atoms with E-state index in [1.165, 1.54) is 5.69 Å². The third-order valence-electron chi connectivity index (χ3n) is 2.62. The molecule has 0 spiro atoms. The van der Waals surface area contributed by atoms with E-state index in [2.05, 4.69) is 27.1 Å². The fraction of sp³-hybridized carbons (Fsp3) is 0.700. The summed E-state index contributed by atoms with van der Waals surface area (Å²) < 4.78 is 0. The zero-order valence-electron chi connectivity index (χ0n) is 8.71. The second-order valence-electron chi connectivity index (χ2n) is 3.73. The number of aromatic nitrogens is 2. The third-order valence-corrected chi connectivity index (χ3v) is 2.62. The molecule has 0 atom stereocenters. The third kappa shape index (κ3) is 2.33. The minimum atomic E-state index is 0.988. The zero-order chi connectivity index (χ0) is 9.80. The first-order valence-corrected chi connectivity index (χ1v) is 5.34. The lowest BCUT2D eigenvalue weighted by atomic mass is 10.3. The molecule has 14 heavy (non-hydrogen) atoms. The molecule has 4 nitrogen and oxygen atoms in total.